The zero-order valence-electron chi connectivity index (χ0n) is 9.96. The molecule has 0 amide bonds. The second-order valence-electron chi connectivity index (χ2n) is 3.87. The summed E-state index contributed by atoms with van der Waals surface area (Å²) < 4.78 is 5.15. The zero-order valence-corrected chi connectivity index (χ0v) is 10.7. The van der Waals surface area contributed by atoms with Crippen molar-refractivity contribution in [1.29, 1.82) is 0 Å². The van der Waals surface area contributed by atoms with Gasteiger partial charge in [0.15, 0.2) is 0 Å². The molecule has 0 aromatic heterocycles. The van der Waals surface area contributed by atoms with Gasteiger partial charge in [-0.05, 0) is 37.2 Å². The van der Waals surface area contributed by atoms with Crippen LogP contribution in [0.2, 0.25) is 5.02 Å². The number of hydrogen-bond acceptors (Lipinski definition) is 3. The van der Waals surface area contributed by atoms with E-state index < -0.39 is 0 Å². The first-order valence-corrected chi connectivity index (χ1v) is 5.58. The second-order valence-corrected chi connectivity index (χ2v) is 4.28. The molecule has 0 aliphatic rings. The first-order valence-electron chi connectivity index (χ1n) is 5.21. The SMILES string of the molecule is COc1cc(C)c(CN(C)CCO)cc1Cl. The number of aliphatic hydroxyl groups is 1. The molecule has 0 aliphatic carbocycles. The summed E-state index contributed by atoms with van der Waals surface area (Å²) >= 11 is 6.07. The van der Waals surface area contributed by atoms with Gasteiger partial charge in [-0.25, -0.2) is 0 Å². The van der Waals surface area contributed by atoms with E-state index in [4.69, 9.17) is 21.4 Å². The van der Waals surface area contributed by atoms with Crippen LogP contribution in [-0.2, 0) is 6.54 Å². The predicted molar refractivity (Wildman–Crippen MR) is 66.2 cm³/mol. The van der Waals surface area contributed by atoms with E-state index in [-0.39, 0.29) is 6.61 Å². The molecule has 0 spiro atoms. The number of ether oxygens (including phenoxy) is 1. The van der Waals surface area contributed by atoms with E-state index in [0.29, 0.717) is 17.3 Å². The Morgan fingerprint density at radius 1 is 1.44 bits per heavy atom. The summed E-state index contributed by atoms with van der Waals surface area (Å²) in [6, 6.07) is 3.86. The Kier molecular flexibility index (Phi) is 5.06. The van der Waals surface area contributed by atoms with Gasteiger partial charge < -0.3 is 9.84 Å². The number of aliphatic hydroxyl groups excluding tert-OH is 1. The normalized spacial score (nSPS) is 10.9. The number of rotatable bonds is 5. The van der Waals surface area contributed by atoms with Crippen LogP contribution < -0.4 is 4.74 Å². The van der Waals surface area contributed by atoms with Gasteiger partial charge in [0.25, 0.3) is 0 Å². The molecule has 0 aliphatic heterocycles. The molecule has 3 nitrogen and oxygen atoms in total. The van der Waals surface area contributed by atoms with E-state index >= 15 is 0 Å². The lowest BCUT2D eigenvalue weighted by atomic mass is 10.1. The molecule has 16 heavy (non-hydrogen) atoms. The maximum atomic E-state index is 8.83. The molecule has 0 radical (unpaired) electrons. The van der Waals surface area contributed by atoms with Gasteiger partial charge in [-0.1, -0.05) is 11.6 Å². The number of likely N-dealkylation sites (N-methyl/N-ethyl adjacent to an activating group) is 1. The second kappa shape index (κ2) is 6.09. The third-order valence-corrected chi connectivity index (χ3v) is 2.83. The quantitative estimate of drug-likeness (QED) is 0.860. The van der Waals surface area contributed by atoms with Gasteiger partial charge in [0.05, 0.1) is 18.7 Å². The Labute approximate surface area is 102 Å². The van der Waals surface area contributed by atoms with E-state index in [9.17, 15) is 0 Å². The van der Waals surface area contributed by atoms with Crippen LogP contribution in [0.25, 0.3) is 0 Å². The van der Waals surface area contributed by atoms with Crippen LogP contribution in [0.1, 0.15) is 11.1 Å². The highest BCUT2D eigenvalue weighted by atomic mass is 35.5. The van der Waals surface area contributed by atoms with Crippen LogP contribution >= 0.6 is 11.6 Å². The summed E-state index contributed by atoms with van der Waals surface area (Å²) in [6.07, 6.45) is 0. The molecule has 0 saturated carbocycles. The van der Waals surface area contributed by atoms with E-state index in [1.54, 1.807) is 7.11 Å². The first-order chi connectivity index (χ1) is 7.58. The number of methoxy groups -OCH3 is 1. The van der Waals surface area contributed by atoms with Crippen molar-refractivity contribution in [3.8, 4) is 5.75 Å². The average molecular weight is 244 g/mol. The van der Waals surface area contributed by atoms with Crippen molar-refractivity contribution in [2.45, 2.75) is 13.5 Å². The van der Waals surface area contributed by atoms with Gasteiger partial charge in [0.2, 0.25) is 0 Å². The molecule has 0 heterocycles. The summed E-state index contributed by atoms with van der Waals surface area (Å²) in [6.45, 7) is 3.62. The Balaban J connectivity index is 2.85. The number of aryl methyl sites for hydroxylation is 1. The highest BCUT2D eigenvalue weighted by Gasteiger charge is 2.08. The maximum Gasteiger partial charge on any atom is 0.137 e. The smallest absolute Gasteiger partial charge is 0.137 e. The molecular weight excluding hydrogens is 226 g/mol. The van der Waals surface area contributed by atoms with Crippen LogP contribution in [0, 0.1) is 6.92 Å². The molecular formula is C12H18ClNO2. The lowest BCUT2D eigenvalue weighted by Crippen LogP contribution is -2.21. The summed E-state index contributed by atoms with van der Waals surface area (Å²) in [5.41, 5.74) is 2.30. The lowest BCUT2D eigenvalue weighted by Gasteiger charge is -2.17. The number of nitrogens with zero attached hydrogens (tertiary/aromatic N) is 1. The highest BCUT2D eigenvalue weighted by Crippen LogP contribution is 2.28. The molecule has 1 aromatic carbocycles. The fourth-order valence-electron chi connectivity index (χ4n) is 1.56. The molecule has 0 bridgehead atoms. The van der Waals surface area contributed by atoms with Gasteiger partial charge in [-0.3, -0.25) is 4.90 Å². The highest BCUT2D eigenvalue weighted by molar-refractivity contribution is 6.32. The van der Waals surface area contributed by atoms with Crippen molar-refractivity contribution < 1.29 is 9.84 Å². The van der Waals surface area contributed by atoms with E-state index in [0.717, 1.165) is 17.7 Å². The van der Waals surface area contributed by atoms with Crippen molar-refractivity contribution >= 4 is 11.6 Å². The maximum absolute atomic E-state index is 8.83. The van der Waals surface area contributed by atoms with E-state index in [1.165, 1.54) is 0 Å². The van der Waals surface area contributed by atoms with Crippen LogP contribution in [0.3, 0.4) is 0 Å². The summed E-state index contributed by atoms with van der Waals surface area (Å²) in [4.78, 5) is 2.05. The predicted octanol–water partition coefficient (Wildman–Crippen LogP) is 2.08. The number of hydrogen-bond donors (Lipinski definition) is 1. The Hall–Kier alpha value is -0.770. The van der Waals surface area contributed by atoms with Crippen molar-refractivity contribution in [2.24, 2.45) is 0 Å². The van der Waals surface area contributed by atoms with Gasteiger partial charge in [0, 0.05) is 13.1 Å². The van der Waals surface area contributed by atoms with Crippen molar-refractivity contribution in [3.05, 3.63) is 28.3 Å². The third-order valence-electron chi connectivity index (χ3n) is 2.53. The Morgan fingerprint density at radius 3 is 2.69 bits per heavy atom. The summed E-state index contributed by atoms with van der Waals surface area (Å²) in [7, 11) is 3.58. The Morgan fingerprint density at radius 2 is 2.12 bits per heavy atom. The molecule has 0 unspecified atom stereocenters. The van der Waals surface area contributed by atoms with Gasteiger partial charge >= 0.3 is 0 Å². The first kappa shape index (κ1) is 13.3. The zero-order chi connectivity index (χ0) is 12.1. The number of benzene rings is 1. The molecule has 0 atom stereocenters. The van der Waals surface area contributed by atoms with Crippen LogP contribution in [0.4, 0.5) is 0 Å². The molecule has 1 aromatic rings. The minimum Gasteiger partial charge on any atom is -0.495 e. The third kappa shape index (κ3) is 3.37. The number of halogens is 1. The monoisotopic (exact) mass is 243 g/mol. The molecule has 0 saturated heterocycles. The molecule has 4 heteroatoms. The summed E-state index contributed by atoms with van der Waals surface area (Å²) in [5, 5.41) is 9.46. The van der Waals surface area contributed by atoms with Crippen molar-refractivity contribution in [2.75, 3.05) is 27.3 Å². The van der Waals surface area contributed by atoms with E-state index in [2.05, 4.69) is 0 Å². The van der Waals surface area contributed by atoms with Gasteiger partial charge in [-0.2, -0.15) is 0 Å². The Bertz CT molecular complexity index is 355. The van der Waals surface area contributed by atoms with E-state index in [1.807, 2.05) is 31.0 Å². The standard InChI is InChI=1S/C12H18ClNO2/c1-9-6-12(16-3)11(13)7-10(9)8-14(2)4-5-15/h6-7,15H,4-5,8H2,1-3H3. The molecule has 0 fully saturated rings. The van der Waals surface area contributed by atoms with Gasteiger partial charge in [0.1, 0.15) is 5.75 Å². The molecule has 90 valence electrons. The van der Waals surface area contributed by atoms with Crippen LogP contribution in [-0.4, -0.2) is 37.3 Å². The van der Waals surface area contributed by atoms with Crippen LogP contribution in [0.5, 0.6) is 5.75 Å². The van der Waals surface area contributed by atoms with Crippen LogP contribution in [0.15, 0.2) is 12.1 Å². The average Bonchev–Trinajstić information content (AvgIpc) is 2.23. The van der Waals surface area contributed by atoms with Crippen molar-refractivity contribution in [3.63, 3.8) is 0 Å². The minimum absolute atomic E-state index is 0.166. The minimum atomic E-state index is 0.166. The fraction of sp³-hybridized carbons (Fsp3) is 0.500. The molecule has 1 rings (SSSR count). The fourth-order valence-corrected chi connectivity index (χ4v) is 1.83. The summed E-state index contributed by atoms with van der Waals surface area (Å²) in [5.74, 6) is 0.702. The van der Waals surface area contributed by atoms with Gasteiger partial charge in [-0.15, -0.1) is 0 Å². The topological polar surface area (TPSA) is 32.7 Å². The lowest BCUT2D eigenvalue weighted by molar-refractivity contribution is 0.217. The van der Waals surface area contributed by atoms with Crippen molar-refractivity contribution in [1.82, 2.24) is 4.90 Å². The molecule has 1 N–H and O–H groups in total. The largest absolute Gasteiger partial charge is 0.495 e.